The molecule has 0 aliphatic heterocycles. The van der Waals surface area contributed by atoms with Crippen LogP contribution in [-0.4, -0.2) is 20.6 Å². The Morgan fingerprint density at radius 3 is 2.22 bits per heavy atom. The lowest BCUT2D eigenvalue weighted by Crippen LogP contribution is -2.39. The van der Waals surface area contributed by atoms with E-state index < -0.39 is 17.4 Å². The van der Waals surface area contributed by atoms with Gasteiger partial charge in [0, 0.05) is 22.5 Å². The van der Waals surface area contributed by atoms with Crippen LogP contribution in [0.5, 0.6) is 0 Å². The third-order valence-electron chi connectivity index (χ3n) is 3.04. The molecule has 0 saturated heterocycles. The maximum Gasteiger partial charge on any atom is 0.348 e. The lowest BCUT2D eigenvalue weighted by molar-refractivity contribution is -0.138. The van der Waals surface area contributed by atoms with Gasteiger partial charge >= 0.3 is 11.7 Å². The Hall–Kier alpha value is -1.65. The minimum atomic E-state index is -0.915. The van der Waals surface area contributed by atoms with Crippen LogP contribution >= 0.6 is 0 Å². The molecule has 1 N–H and O–H groups in total. The van der Waals surface area contributed by atoms with E-state index in [-0.39, 0.29) is 5.69 Å². The van der Waals surface area contributed by atoms with Gasteiger partial charge in [-0.05, 0) is 41.5 Å². The zero-order valence-corrected chi connectivity index (χ0v) is 11.7. The second-order valence-electron chi connectivity index (χ2n) is 5.55. The van der Waals surface area contributed by atoms with Crippen LogP contribution in [0.15, 0.2) is 4.79 Å². The van der Waals surface area contributed by atoms with Crippen molar-refractivity contribution in [1.82, 2.24) is 9.55 Å². The SMILES string of the molecule is Cc1nc(=O)n(C(C)(C)C)c(C)c1C(C)C(=O)O. The normalized spacial score (nSPS) is 13.4. The zero-order chi connectivity index (χ0) is 14.2. The Morgan fingerprint density at radius 2 is 1.83 bits per heavy atom. The van der Waals surface area contributed by atoms with Crippen LogP contribution in [0.2, 0.25) is 0 Å². The standard InChI is InChI=1S/C13H20N2O3/c1-7(11(16)17)10-8(2)14-12(18)15(9(10)3)13(4,5)6/h7H,1-6H3,(H,16,17). The summed E-state index contributed by atoms with van der Waals surface area (Å²) < 4.78 is 1.55. The molecular weight excluding hydrogens is 232 g/mol. The maximum absolute atomic E-state index is 12.0. The summed E-state index contributed by atoms with van der Waals surface area (Å²) in [5.74, 6) is -1.59. The lowest BCUT2D eigenvalue weighted by atomic mass is 9.96. The van der Waals surface area contributed by atoms with E-state index in [1.54, 1.807) is 25.3 Å². The number of hydrogen-bond acceptors (Lipinski definition) is 3. The first-order valence-electron chi connectivity index (χ1n) is 5.90. The molecule has 1 heterocycles. The van der Waals surface area contributed by atoms with Crippen LogP contribution in [0.1, 0.15) is 50.6 Å². The molecule has 0 aromatic carbocycles. The van der Waals surface area contributed by atoms with Crippen molar-refractivity contribution in [3.63, 3.8) is 0 Å². The van der Waals surface area contributed by atoms with Crippen molar-refractivity contribution in [2.45, 2.75) is 53.0 Å². The minimum absolute atomic E-state index is 0.334. The highest BCUT2D eigenvalue weighted by molar-refractivity contribution is 5.76. The largest absolute Gasteiger partial charge is 0.481 e. The van der Waals surface area contributed by atoms with Gasteiger partial charge in [-0.2, -0.15) is 4.98 Å². The average Bonchev–Trinajstić information content (AvgIpc) is 2.13. The van der Waals surface area contributed by atoms with Crippen LogP contribution < -0.4 is 5.69 Å². The number of rotatable bonds is 2. The summed E-state index contributed by atoms with van der Waals surface area (Å²) in [4.78, 5) is 27.0. The quantitative estimate of drug-likeness (QED) is 0.871. The van der Waals surface area contributed by atoms with Gasteiger partial charge in [-0.3, -0.25) is 9.36 Å². The molecule has 0 aliphatic rings. The first kappa shape index (κ1) is 14.4. The summed E-state index contributed by atoms with van der Waals surface area (Å²) in [6.45, 7) is 10.7. The van der Waals surface area contributed by atoms with Crippen molar-refractivity contribution in [1.29, 1.82) is 0 Å². The van der Waals surface area contributed by atoms with Gasteiger partial charge in [0.15, 0.2) is 0 Å². The first-order valence-corrected chi connectivity index (χ1v) is 5.90. The summed E-state index contributed by atoms with van der Waals surface area (Å²) in [7, 11) is 0. The summed E-state index contributed by atoms with van der Waals surface area (Å²) >= 11 is 0. The Morgan fingerprint density at radius 1 is 1.33 bits per heavy atom. The molecule has 1 unspecified atom stereocenters. The molecule has 5 nitrogen and oxygen atoms in total. The van der Waals surface area contributed by atoms with Gasteiger partial charge in [-0.1, -0.05) is 0 Å². The summed E-state index contributed by atoms with van der Waals surface area (Å²) in [6, 6.07) is 0. The number of aliphatic carboxylic acids is 1. The van der Waals surface area contributed by atoms with Crippen LogP contribution in [0, 0.1) is 13.8 Å². The monoisotopic (exact) mass is 252 g/mol. The van der Waals surface area contributed by atoms with Crippen molar-refractivity contribution in [3.8, 4) is 0 Å². The smallest absolute Gasteiger partial charge is 0.348 e. The molecule has 1 aromatic rings. The van der Waals surface area contributed by atoms with E-state index in [2.05, 4.69) is 4.98 Å². The number of nitrogens with zero attached hydrogens (tertiary/aromatic N) is 2. The van der Waals surface area contributed by atoms with E-state index in [0.717, 1.165) is 0 Å². The lowest BCUT2D eigenvalue weighted by Gasteiger charge is -2.27. The molecule has 1 rings (SSSR count). The van der Waals surface area contributed by atoms with Crippen molar-refractivity contribution in [3.05, 3.63) is 27.4 Å². The highest BCUT2D eigenvalue weighted by Gasteiger charge is 2.26. The van der Waals surface area contributed by atoms with Crippen molar-refractivity contribution in [2.24, 2.45) is 0 Å². The highest BCUT2D eigenvalue weighted by Crippen LogP contribution is 2.24. The van der Waals surface area contributed by atoms with E-state index in [9.17, 15) is 9.59 Å². The topological polar surface area (TPSA) is 72.2 Å². The number of carbonyl (C=O) groups is 1. The molecular formula is C13H20N2O3. The minimum Gasteiger partial charge on any atom is -0.481 e. The first-order chi connectivity index (χ1) is 8.07. The average molecular weight is 252 g/mol. The van der Waals surface area contributed by atoms with E-state index >= 15 is 0 Å². The van der Waals surface area contributed by atoms with Gasteiger partial charge in [0.25, 0.3) is 0 Å². The van der Waals surface area contributed by atoms with Crippen LogP contribution in [0.25, 0.3) is 0 Å². The van der Waals surface area contributed by atoms with Crippen LogP contribution in [0.3, 0.4) is 0 Å². The van der Waals surface area contributed by atoms with Gasteiger partial charge in [0.2, 0.25) is 0 Å². The molecule has 0 amide bonds. The van der Waals surface area contributed by atoms with E-state index in [0.29, 0.717) is 17.0 Å². The van der Waals surface area contributed by atoms with Crippen molar-refractivity contribution < 1.29 is 9.90 Å². The Bertz CT molecular complexity index is 538. The molecule has 1 atom stereocenters. The van der Waals surface area contributed by atoms with Gasteiger partial charge in [0.1, 0.15) is 0 Å². The Labute approximate surface area is 106 Å². The molecule has 18 heavy (non-hydrogen) atoms. The maximum atomic E-state index is 12.0. The second kappa shape index (κ2) is 4.55. The molecule has 0 saturated carbocycles. The number of aromatic nitrogens is 2. The highest BCUT2D eigenvalue weighted by atomic mass is 16.4. The molecule has 0 radical (unpaired) electrons. The fourth-order valence-electron chi connectivity index (χ4n) is 2.32. The number of carboxylic acid groups (broad SMARTS) is 1. The van der Waals surface area contributed by atoms with Crippen LogP contribution in [-0.2, 0) is 10.3 Å². The molecule has 100 valence electrons. The summed E-state index contributed by atoms with van der Waals surface area (Å²) in [5.41, 5.74) is 1.04. The zero-order valence-electron chi connectivity index (χ0n) is 11.7. The molecule has 5 heteroatoms. The predicted molar refractivity (Wildman–Crippen MR) is 69.0 cm³/mol. The Kier molecular flexibility index (Phi) is 3.64. The molecule has 0 spiro atoms. The third kappa shape index (κ3) is 2.44. The molecule has 0 bridgehead atoms. The molecule has 1 aromatic heterocycles. The van der Waals surface area contributed by atoms with Crippen molar-refractivity contribution in [2.75, 3.05) is 0 Å². The Balaban J connectivity index is 3.66. The predicted octanol–water partition coefficient (Wildman–Crippen LogP) is 1.80. The van der Waals surface area contributed by atoms with E-state index in [1.165, 1.54) is 0 Å². The summed E-state index contributed by atoms with van der Waals surface area (Å²) in [5, 5.41) is 9.13. The van der Waals surface area contributed by atoms with Crippen LogP contribution in [0.4, 0.5) is 0 Å². The fourth-order valence-corrected chi connectivity index (χ4v) is 2.32. The number of aryl methyl sites for hydroxylation is 1. The van der Waals surface area contributed by atoms with Crippen molar-refractivity contribution >= 4 is 5.97 Å². The second-order valence-corrected chi connectivity index (χ2v) is 5.55. The number of hydrogen-bond donors (Lipinski definition) is 1. The van der Waals surface area contributed by atoms with Gasteiger partial charge in [-0.15, -0.1) is 0 Å². The van der Waals surface area contributed by atoms with E-state index in [4.69, 9.17) is 5.11 Å². The number of carboxylic acids is 1. The molecule has 0 fully saturated rings. The van der Waals surface area contributed by atoms with Gasteiger partial charge in [0.05, 0.1) is 5.92 Å². The third-order valence-corrected chi connectivity index (χ3v) is 3.04. The van der Waals surface area contributed by atoms with Gasteiger partial charge < -0.3 is 5.11 Å². The van der Waals surface area contributed by atoms with E-state index in [1.807, 2.05) is 20.8 Å². The summed E-state index contributed by atoms with van der Waals surface area (Å²) in [6.07, 6.45) is 0. The fraction of sp³-hybridized carbons (Fsp3) is 0.615. The molecule has 0 aliphatic carbocycles. The van der Waals surface area contributed by atoms with Gasteiger partial charge in [-0.25, -0.2) is 4.79 Å².